The first-order chi connectivity index (χ1) is 11.8. The Morgan fingerprint density at radius 3 is 3.12 bits per heavy atom. The summed E-state index contributed by atoms with van der Waals surface area (Å²) < 4.78 is 22.4. The Morgan fingerprint density at radius 2 is 2.25 bits per heavy atom. The van der Waals surface area contributed by atoms with E-state index >= 15 is 0 Å². The van der Waals surface area contributed by atoms with Gasteiger partial charge in [-0.3, -0.25) is 0 Å². The standard InChI is InChI=1S/C16H14ClN3O4/c17-9-5-10-15(19-13(9)8-1-3-21-6-8)20-16(18-10)24-12-7-23-11-2-4-22-14(11)12/h1,3,5-6,11-12,14H,2,4,7H2,(H,18,19,20)/t11-,12-,14+/m1/s1. The summed E-state index contributed by atoms with van der Waals surface area (Å²) in [5.41, 5.74) is 2.68. The Balaban J connectivity index is 1.45. The van der Waals surface area contributed by atoms with Gasteiger partial charge in [0.05, 0.1) is 41.5 Å². The van der Waals surface area contributed by atoms with Crippen LogP contribution in [0.3, 0.4) is 0 Å². The lowest BCUT2D eigenvalue weighted by atomic mass is 10.1. The quantitative estimate of drug-likeness (QED) is 0.784. The first-order valence-electron chi connectivity index (χ1n) is 7.76. The number of nitrogens with one attached hydrogen (secondary N) is 1. The normalized spacial score (nSPS) is 26.1. The SMILES string of the molecule is Clc1cc2[nH]c(O[C@@H]3CO[C@@H]4CCO[C@@H]43)nc2nc1-c1ccoc1. The predicted molar refractivity (Wildman–Crippen MR) is 85.1 cm³/mol. The second kappa shape index (κ2) is 5.47. The highest BCUT2D eigenvalue weighted by Gasteiger charge is 2.43. The Labute approximate surface area is 141 Å². The number of halogens is 1. The van der Waals surface area contributed by atoms with E-state index in [-0.39, 0.29) is 18.3 Å². The summed E-state index contributed by atoms with van der Waals surface area (Å²) >= 11 is 6.31. The Morgan fingerprint density at radius 1 is 1.29 bits per heavy atom. The molecule has 2 aliphatic rings. The summed E-state index contributed by atoms with van der Waals surface area (Å²) in [5, 5.41) is 0.516. The van der Waals surface area contributed by atoms with Crippen molar-refractivity contribution in [2.24, 2.45) is 0 Å². The zero-order chi connectivity index (χ0) is 16.1. The topological polar surface area (TPSA) is 82.4 Å². The molecule has 0 unspecified atom stereocenters. The summed E-state index contributed by atoms with van der Waals surface area (Å²) in [5.74, 6) is 0. The summed E-state index contributed by atoms with van der Waals surface area (Å²) in [4.78, 5) is 12.0. The molecule has 0 bridgehead atoms. The predicted octanol–water partition coefficient (Wildman–Crippen LogP) is 2.81. The van der Waals surface area contributed by atoms with Crippen molar-refractivity contribution in [3.05, 3.63) is 29.7 Å². The second-order valence-corrected chi connectivity index (χ2v) is 6.30. The molecule has 0 amide bonds. The van der Waals surface area contributed by atoms with Gasteiger partial charge < -0.3 is 23.6 Å². The van der Waals surface area contributed by atoms with E-state index in [1.165, 1.54) is 0 Å². The van der Waals surface area contributed by atoms with Crippen molar-refractivity contribution in [3.63, 3.8) is 0 Å². The van der Waals surface area contributed by atoms with Gasteiger partial charge in [0.2, 0.25) is 0 Å². The third-order valence-corrected chi connectivity index (χ3v) is 4.67. The number of hydrogen-bond acceptors (Lipinski definition) is 6. The van der Waals surface area contributed by atoms with Gasteiger partial charge in [-0.15, -0.1) is 0 Å². The molecule has 0 aliphatic carbocycles. The number of ether oxygens (including phenoxy) is 3. The molecule has 2 saturated heterocycles. The third kappa shape index (κ3) is 2.28. The molecule has 5 rings (SSSR count). The fourth-order valence-electron chi connectivity index (χ4n) is 3.23. The number of pyridine rings is 1. The maximum Gasteiger partial charge on any atom is 0.296 e. The van der Waals surface area contributed by atoms with E-state index in [2.05, 4.69) is 15.0 Å². The number of imidazole rings is 1. The third-order valence-electron chi connectivity index (χ3n) is 4.38. The van der Waals surface area contributed by atoms with Gasteiger partial charge in [0.15, 0.2) is 11.8 Å². The number of aromatic amines is 1. The Hall–Kier alpha value is -2.09. The van der Waals surface area contributed by atoms with Crippen LogP contribution >= 0.6 is 11.6 Å². The highest BCUT2D eigenvalue weighted by atomic mass is 35.5. The lowest BCUT2D eigenvalue weighted by Gasteiger charge is -2.15. The van der Waals surface area contributed by atoms with Crippen LogP contribution in [0.15, 0.2) is 29.1 Å². The lowest BCUT2D eigenvalue weighted by molar-refractivity contribution is 0.0273. The van der Waals surface area contributed by atoms with Crippen LogP contribution in [0, 0.1) is 0 Å². The number of nitrogens with zero attached hydrogens (tertiary/aromatic N) is 2. The molecule has 3 aromatic rings. The van der Waals surface area contributed by atoms with Crippen LogP contribution in [0.5, 0.6) is 6.01 Å². The van der Waals surface area contributed by atoms with Crippen LogP contribution < -0.4 is 4.74 Å². The van der Waals surface area contributed by atoms with Crippen molar-refractivity contribution in [2.75, 3.05) is 13.2 Å². The molecule has 0 aromatic carbocycles. The first kappa shape index (κ1) is 14.3. The molecule has 8 heteroatoms. The van der Waals surface area contributed by atoms with Crippen molar-refractivity contribution < 1.29 is 18.6 Å². The van der Waals surface area contributed by atoms with Crippen LogP contribution in [0.1, 0.15) is 6.42 Å². The van der Waals surface area contributed by atoms with Crippen LogP contribution in [-0.4, -0.2) is 46.5 Å². The number of rotatable bonds is 3. The lowest BCUT2D eigenvalue weighted by Crippen LogP contribution is -2.32. The van der Waals surface area contributed by atoms with E-state index < -0.39 is 0 Å². The number of aromatic nitrogens is 3. The van der Waals surface area contributed by atoms with Gasteiger partial charge >= 0.3 is 0 Å². The monoisotopic (exact) mass is 347 g/mol. The van der Waals surface area contributed by atoms with Crippen molar-refractivity contribution in [1.82, 2.24) is 15.0 Å². The Kier molecular flexibility index (Phi) is 3.26. The summed E-state index contributed by atoms with van der Waals surface area (Å²) in [6.45, 7) is 1.21. The summed E-state index contributed by atoms with van der Waals surface area (Å²) in [6.07, 6.45) is 4.01. The van der Waals surface area contributed by atoms with Crippen LogP contribution in [-0.2, 0) is 9.47 Å². The highest BCUT2D eigenvalue weighted by molar-refractivity contribution is 6.33. The molecular formula is C16H14ClN3O4. The number of furan rings is 1. The molecule has 0 saturated carbocycles. The maximum atomic E-state index is 6.31. The van der Waals surface area contributed by atoms with E-state index in [4.69, 9.17) is 30.2 Å². The minimum atomic E-state index is -0.165. The van der Waals surface area contributed by atoms with Gasteiger partial charge in [-0.1, -0.05) is 11.6 Å². The van der Waals surface area contributed by atoms with Crippen LogP contribution in [0.2, 0.25) is 5.02 Å². The molecule has 0 spiro atoms. The van der Waals surface area contributed by atoms with Gasteiger partial charge in [-0.25, -0.2) is 4.98 Å². The fourth-order valence-corrected chi connectivity index (χ4v) is 3.49. The zero-order valence-corrected chi connectivity index (χ0v) is 13.3. The molecule has 24 heavy (non-hydrogen) atoms. The minimum absolute atomic E-state index is 0.0312. The Bertz CT molecular complexity index is 879. The first-order valence-corrected chi connectivity index (χ1v) is 8.14. The van der Waals surface area contributed by atoms with E-state index in [9.17, 15) is 0 Å². The summed E-state index contributed by atoms with van der Waals surface area (Å²) in [7, 11) is 0. The molecule has 3 atom stereocenters. The smallest absolute Gasteiger partial charge is 0.296 e. The second-order valence-electron chi connectivity index (χ2n) is 5.90. The van der Waals surface area contributed by atoms with Crippen molar-refractivity contribution >= 4 is 22.8 Å². The van der Waals surface area contributed by atoms with Gasteiger partial charge in [0.1, 0.15) is 6.10 Å². The average molecular weight is 348 g/mol. The molecule has 2 aliphatic heterocycles. The van der Waals surface area contributed by atoms with Crippen molar-refractivity contribution in [3.8, 4) is 17.3 Å². The molecule has 7 nitrogen and oxygen atoms in total. The fraction of sp³-hybridized carbons (Fsp3) is 0.375. The molecule has 0 radical (unpaired) electrons. The van der Waals surface area contributed by atoms with E-state index in [1.54, 1.807) is 24.7 Å². The van der Waals surface area contributed by atoms with Gasteiger partial charge in [0.25, 0.3) is 6.01 Å². The molecule has 5 heterocycles. The van der Waals surface area contributed by atoms with Crippen LogP contribution in [0.25, 0.3) is 22.4 Å². The zero-order valence-electron chi connectivity index (χ0n) is 12.6. The highest BCUT2D eigenvalue weighted by Crippen LogP contribution is 2.31. The molecule has 3 aromatic heterocycles. The largest absolute Gasteiger partial charge is 0.472 e. The van der Waals surface area contributed by atoms with Gasteiger partial charge in [0, 0.05) is 12.2 Å². The molecule has 124 valence electrons. The maximum absolute atomic E-state index is 6.31. The van der Waals surface area contributed by atoms with Crippen molar-refractivity contribution in [2.45, 2.75) is 24.7 Å². The number of hydrogen-bond donors (Lipinski definition) is 1. The van der Waals surface area contributed by atoms with Gasteiger partial charge in [-0.2, -0.15) is 4.98 Å². The molecule has 1 N–H and O–H groups in total. The van der Waals surface area contributed by atoms with Gasteiger partial charge in [-0.05, 0) is 18.6 Å². The van der Waals surface area contributed by atoms with Crippen LogP contribution in [0.4, 0.5) is 0 Å². The number of H-pyrrole nitrogens is 1. The molecular weight excluding hydrogens is 334 g/mol. The summed E-state index contributed by atoms with van der Waals surface area (Å²) in [6, 6.07) is 3.98. The van der Waals surface area contributed by atoms with E-state index in [0.29, 0.717) is 41.1 Å². The van der Waals surface area contributed by atoms with E-state index in [1.807, 2.05) is 0 Å². The van der Waals surface area contributed by atoms with Crippen molar-refractivity contribution in [1.29, 1.82) is 0 Å². The minimum Gasteiger partial charge on any atom is -0.472 e. The average Bonchev–Trinajstić information content (AvgIpc) is 3.31. The van der Waals surface area contributed by atoms with E-state index in [0.717, 1.165) is 12.0 Å². The molecule has 2 fully saturated rings. The number of fused-ring (bicyclic) bond motifs is 2.